The van der Waals surface area contributed by atoms with E-state index in [2.05, 4.69) is 0 Å². The second-order valence-electron chi connectivity index (χ2n) is 4.11. The first-order chi connectivity index (χ1) is 7.06. The fraction of sp³-hybridized carbons (Fsp3) is 0.818. The van der Waals surface area contributed by atoms with Gasteiger partial charge in [0.15, 0.2) is 5.41 Å². The second-order valence-corrected chi connectivity index (χ2v) is 4.11. The van der Waals surface area contributed by atoms with E-state index in [1.807, 2.05) is 0 Å². The van der Waals surface area contributed by atoms with Gasteiger partial charge in [0, 0.05) is 0 Å². The molecule has 1 aliphatic rings. The molecule has 86 valence electrons. The third kappa shape index (κ3) is 2.49. The average molecular weight is 214 g/mol. The van der Waals surface area contributed by atoms with Crippen LogP contribution in [0.3, 0.4) is 0 Å². The number of carboxylic acids is 1. The summed E-state index contributed by atoms with van der Waals surface area (Å²) in [5, 5.41) is 9.20. The van der Waals surface area contributed by atoms with E-state index in [4.69, 9.17) is 4.74 Å². The highest BCUT2D eigenvalue weighted by Crippen LogP contribution is 2.43. The van der Waals surface area contributed by atoms with E-state index >= 15 is 0 Å². The molecule has 0 radical (unpaired) electrons. The summed E-state index contributed by atoms with van der Waals surface area (Å²) in [5.74, 6) is -1.23. The molecule has 1 fully saturated rings. The Bertz CT molecular complexity index is 257. The molecule has 0 saturated heterocycles. The SMILES string of the molecule is CCOC(=O)C(CC)(CC1CC1)C(=O)O. The van der Waals surface area contributed by atoms with Gasteiger partial charge in [-0.25, -0.2) is 0 Å². The van der Waals surface area contributed by atoms with Crippen LogP contribution in [-0.2, 0) is 14.3 Å². The van der Waals surface area contributed by atoms with E-state index in [0.29, 0.717) is 18.8 Å². The number of carbonyl (C=O) groups excluding carboxylic acids is 1. The van der Waals surface area contributed by atoms with Crippen molar-refractivity contribution in [2.75, 3.05) is 6.61 Å². The fourth-order valence-corrected chi connectivity index (χ4v) is 1.78. The molecule has 1 atom stereocenters. The molecule has 0 aliphatic heterocycles. The fourth-order valence-electron chi connectivity index (χ4n) is 1.78. The van der Waals surface area contributed by atoms with Gasteiger partial charge in [0.25, 0.3) is 0 Å². The largest absolute Gasteiger partial charge is 0.480 e. The van der Waals surface area contributed by atoms with Crippen molar-refractivity contribution >= 4 is 11.9 Å². The first-order valence-electron chi connectivity index (χ1n) is 5.47. The average Bonchev–Trinajstić information content (AvgIpc) is 2.97. The number of carbonyl (C=O) groups is 2. The van der Waals surface area contributed by atoms with Crippen LogP contribution in [0.25, 0.3) is 0 Å². The molecule has 4 nitrogen and oxygen atoms in total. The minimum atomic E-state index is -1.31. The van der Waals surface area contributed by atoms with Crippen molar-refractivity contribution in [3.8, 4) is 0 Å². The molecular formula is C11H18O4. The molecule has 4 heteroatoms. The Labute approximate surface area is 89.6 Å². The van der Waals surface area contributed by atoms with Gasteiger partial charge in [-0.05, 0) is 25.7 Å². The zero-order chi connectivity index (χ0) is 11.5. The lowest BCUT2D eigenvalue weighted by molar-refractivity contribution is -0.170. The number of ether oxygens (including phenoxy) is 1. The highest BCUT2D eigenvalue weighted by Gasteiger charge is 2.49. The monoisotopic (exact) mass is 214 g/mol. The minimum Gasteiger partial charge on any atom is -0.480 e. The standard InChI is InChI=1S/C11H18O4/c1-3-11(9(12)13,7-8-5-6-8)10(14)15-4-2/h8H,3-7H2,1-2H3,(H,12,13). The molecule has 1 aliphatic carbocycles. The van der Waals surface area contributed by atoms with Crippen molar-refractivity contribution in [3.05, 3.63) is 0 Å². The molecule has 0 spiro atoms. The van der Waals surface area contributed by atoms with Crippen molar-refractivity contribution in [2.24, 2.45) is 11.3 Å². The molecule has 1 N–H and O–H groups in total. The summed E-state index contributed by atoms with van der Waals surface area (Å²) in [6, 6.07) is 0. The van der Waals surface area contributed by atoms with Crippen molar-refractivity contribution in [1.29, 1.82) is 0 Å². The molecule has 0 heterocycles. The van der Waals surface area contributed by atoms with Crippen molar-refractivity contribution < 1.29 is 19.4 Å². The summed E-state index contributed by atoms with van der Waals surface area (Å²) in [5.41, 5.74) is -1.31. The van der Waals surface area contributed by atoms with Crippen LogP contribution in [0.5, 0.6) is 0 Å². The van der Waals surface area contributed by atoms with Crippen LogP contribution >= 0.6 is 0 Å². The molecular weight excluding hydrogens is 196 g/mol. The number of carboxylic acid groups (broad SMARTS) is 1. The van der Waals surface area contributed by atoms with E-state index in [0.717, 1.165) is 12.8 Å². The maximum absolute atomic E-state index is 11.7. The molecule has 15 heavy (non-hydrogen) atoms. The van der Waals surface area contributed by atoms with Gasteiger partial charge >= 0.3 is 11.9 Å². The predicted octanol–water partition coefficient (Wildman–Crippen LogP) is 1.83. The van der Waals surface area contributed by atoms with Gasteiger partial charge in [-0.3, -0.25) is 9.59 Å². The summed E-state index contributed by atoms with van der Waals surface area (Å²) < 4.78 is 4.87. The van der Waals surface area contributed by atoms with Gasteiger partial charge in [-0.2, -0.15) is 0 Å². The molecule has 1 saturated carbocycles. The lowest BCUT2D eigenvalue weighted by atomic mass is 9.80. The second kappa shape index (κ2) is 4.64. The Kier molecular flexibility index (Phi) is 3.72. The van der Waals surface area contributed by atoms with Crippen LogP contribution in [-0.4, -0.2) is 23.7 Å². The number of hydrogen-bond acceptors (Lipinski definition) is 3. The lowest BCUT2D eigenvalue weighted by Gasteiger charge is -2.25. The molecule has 0 aromatic rings. The Morgan fingerprint density at radius 2 is 2.00 bits per heavy atom. The number of hydrogen-bond donors (Lipinski definition) is 1. The predicted molar refractivity (Wildman–Crippen MR) is 54.3 cm³/mol. The quantitative estimate of drug-likeness (QED) is 0.541. The van der Waals surface area contributed by atoms with Gasteiger partial charge in [0.1, 0.15) is 0 Å². The first-order valence-corrected chi connectivity index (χ1v) is 5.47. The molecule has 1 rings (SSSR count). The summed E-state index contributed by atoms with van der Waals surface area (Å²) in [6.07, 6.45) is 2.80. The molecule has 0 aromatic heterocycles. The first kappa shape index (κ1) is 12.0. The maximum Gasteiger partial charge on any atom is 0.323 e. The van der Waals surface area contributed by atoms with Crippen LogP contribution in [0.1, 0.15) is 39.5 Å². The third-order valence-electron chi connectivity index (χ3n) is 3.01. The summed E-state index contributed by atoms with van der Waals surface area (Å²) in [4.78, 5) is 22.9. The van der Waals surface area contributed by atoms with Crippen LogP contribution < -0.4 is 0 Å². The molecule has 0 aromatic carbocycles. The van der Waals surface area contributed by atoms with E-state index in [9.17, 15) is 14.7 Å². The molecule has 0 amide bonds. The number of rotatable bonds is 6. The normalized spacial score (nSPS) is 19.3. The highest BCUT2D eigenvalue weighted by atomic mass is 16.5. The van der Waals surface area contributed by atoms with Crippen LogP contribution in [0.15, 0.2) is 0 Å². The van der Waals surface area contributed by atoms with Gasteiger partial charge in [-0.15, -0.1) is 0 Å². The summed E-state index contributed by atoms with van der Waals surface area (Å²) in [6.45, 7) is 3.66. The Balaban J connectivity index is 2.80. The van der Waals surface area contributed by atoms with E-state index in [1.165, 1.54) is 0 Å². The van der Waals surface area contributed by atoms with E-state index < -0.39 is 17.4 Å². The van der Waals surface area contributed by atoms with Crippen molar-refractivity contribution in [2.45, 2.75) is 39.5 Å². The lowest BCUT2D eigenvalue weighted by Crippen LogP contribution is -2.40. The topological polar surface area (TPSA) is 63.6 Å². The molecule has 1 unspecified atom stereocenters. The Morgan fingerprint density at radius 3 is 2.33 bits per heavy atom. The Morgan fingerprint density at radius 1 is 1.40 bits per heavy atom. The van der Waals surface area contributed by atoms with Crippen molar-refractivity contribution in [3.63, 3.8) is 0 Å². The van der Waals surface area contributed by atoms with Crippen LogP contribution in [0, 0.1) is 11.3 Å². The maximum atomic E-state index is 11.7. The van der Waals surface area contributed by atoms with Gasteiger partial charge in [0.05, 0.1) is 6.61 Å². The van der Waals surface area contributed by atoms with Gasteiger partial charge in [-0.1, -0.05) is 19.8 Å². The van der Waals surface area contributed by atoms with E-state index in [-0.39, 0.29) is 6.61 Å². The van der Waals surface area contributed by atoms with Crippen molar-refractivity contribution in [1.82, 2.24) is 0 Å². The summed E-state index contributed by atoms with van der Waals surface area (Å²) >= 11 is 0. The number of esters is 1. The summed E-state index contributed by atoms with van der Waals surface area (Å²) in [7, 11) is 0. The minimum absolute atomic E-state index is 0.235. The number of aliphatic carboxylic acids is 1. The molecule has 0 bridgehead atoms. The van der Waals surface area contributed by atoms with Crippen LogP contribution in [0.4, 0.5) is 0 Å². The van der Waals surface area contributed by atoms with Crippen LogP contribution in [0.2, 0.25) is 0 Å². The zero-order valence-electron chi connectivity index (χ0n) is 9.28. The third-order valence-corrected chi connectivity index (χ3v) is 3.01. The highest BCUT2D eigenvalue weighted by molar-refractivity contribution is 5.99. The van der Waals surface area contributed by atoms with Gasteiger partial charge < -0.3 is 9.84 Å². The van der Waals surface area contributed by atoms with Gasteiger partial charge in [0.2, 0.25) is 0 Å². The zero-order valence-corrected chi connectivity index (χ0v) is 9.28. The van der Waals surface area contributed by atoms with E-state index in [1.54, 1.807) is 13.8 Å². The smallest absolute Gasteiger partial charge is 0.323 e. The Hall–Kier alpha value is -1.06.